The minimum Gasteiger partial charge on any atom is -0.154 e. The van der Waals surface area contributed by atoms with Crippen LogP contribution in [-0.4, -0.2) is 6.61 Å². The van der Waals surface area contributed by atoms with Crippen molar-refractivity contribution in [2.24, 2.45) is 0 Å². The van der Waals surface area contributed by atoms with Gasteiger partial charge in [0.15, 0.2) is 0 Å². The van der Waals surface area contributed by atoms with Crippen molar-refractivity contribution in [3.05, 3.63) is 44.9 Å². The van der Waals surface area contributed by atoms with Crippen molar-refractivity contribution in [2.45, 2.75) is 39.4 Å². The molecule has 0 amide bonds. The van der Waals surface area contributed by atoms with E-state index in [1.54, 1.807) is 11.8 Å². The summed E-state index contributed by atoms with van der Waals surface area (Å²) >= 11 is 5.23. The number of thioether (sulfide) groups is 1. The highest BCUT2D eigenvalue weighted by molar-refractivity contribution is 9.10. The third-order valence-corrected chi connectivity index (χ3v) is 5.60. The molecule has 0 spiro atoms. The maximum absolute atomic E-state index is 11.6. The minimum atomic E-state index is -1.81. The Morgan fingerprint density at radius 1 is 1.33 bits per heavy atom. The molecule has 0 saturated carbocycles. The maximum atomic E-state index is 11.6. The molecule has 0 aliphatic carbocycles. The summed E-state index contributed by atoms with van der Waals surface area (Å²) in [4.78, 5) is 1.24. The summed E-state index contributed by atoms with van der Waals surface area (Å²) in [6.45, 7) is 6.40. The summed E-state index contributed by atoms with van der Waals surface area (Å²) in [5, 5.41) is 2.95. The molecule has 0 radical (unpaired) electrons. The fourth-order valence-corrected chi connectivity index (χ4v) is 3.89. The molecule has 21 heavy (non-hydrogen) atoms. The summed E-state index contributed by atoms with van der Waals surface area (Å²) in [5.74, 6) is 0.910. The summed E-state index contributed by atoms with van der Waals surface area (Å²) < 4.78 is 17.8. The molecule has 0 heterocycles. The number of hydrogen-bond acceptors (Lipinski definition) is 3. The molecule has 0 aliphatic heterocycles. The van der Waals surface area contributed by atoms with Crippen LogP contribution in [0.25, 0.3) is 0 Å². The van der Waals surface area contributed by atoms with Crippen molar-refractivity contribution in [3.63, 3.8) is 0 Å². The van der Waals surface area contributed by atoms with Crippen molar-refractivity contribution in [1.82, 2.24) is 5.09 Å². The second kappa shape index (κ2) is 10.4. The zero-order valence-corrected chi connectivity index (χ0v) is 16.0. The SMILES string of the molecule is CCC/C(SCc1ccc(Br)cc1)=C(/C)N[P+](=O)OCC. The molecular weight excluding hydrogens is 369 g/mol. The fourth-order valence-electron chi connectivity index (χ4n) is 1.69. The van der Waals surface area contributed by atoms with Crippen LogP contribution in [-0.2, 0) is 14.8 Å². The van der Waals surface area contributed by atoms with Crippen LogP contribution in [0.2, 0.25) is 0 Å². The van der Waals surface area contributed by atoms with Crippen LogP contribution in [0.15, 0.2) is 39.3 Å². The van der Waals surface area contributed by atoms with E-state index in [4.69, 9.17) is 4.52 Å². The molecule has 0 aliphatic rings. The minimum absolute atomic E-state index is 0.449. The van der Waals surface area contributed by atoms with Crippen molar-refractivity contribution < 1.29 is 9.09 Å². The lowest BCUT2D eigenvalue weighted by Crippen LogP contribution is -2.04. The Morgan fingerprint density at radius 3 is 2.57 bits per heavy atom. The van der Waals surface area contributed by atoms with Crippen molar-refractivity contribution in [1.29, 1.82) is 0 Å². The highest BCUT2D eigenvalue weighted by Crippen LogP contribution is 2.30. The van der Waals surface area contributed by atoms with E-state index in [0.29, 0.717) is 6.61 Å². The third-order valence-electron chi connectivity index (χ3n) is 2.73. The van der Waals surface area contributed by atoms with E-state index in [1.165, 1.54) is 10.5 Å². The molecule has 1 unspecified atom stereocenters. The number of rotatable bonds is 9. The van der Waals surface area contributed by atoms with Gasteiger partial charge in [-0.2, -0.15) is 5.09 Å². The highest BCUT2D eigenvalue weighted by atomic mass is 79.9. The maximum Gasteiger partial charge on any atom is 0.642 e. The summed E-state index contributed by atoms with van der Waals surface area (Å²) in [6, 6.07) is 8.33. The number of hydrogen-bond donors (Lipinski definition) is 1. The van der Waals surface area contributed by atoms with E-state index >= 15 is 0 Å². The third kappa shape index (κ3) is 7.46. The zero-order valence-electron chi connectivity index (χ0n) is 12.7. The lowest BCUT2D eigenvalue weighted by atomic mass is 10.2. The number of halogens is 1. The van der Waals surface area contributed by atoms with Crippen molar-refractivity contribution >= 4 is 35.9 Å². The average Bonchev–Trinajstić information content (AvgIpc) is 2.45. The molecule has 1 aromatic carbocycles. The molecule has 0 saturated heterocycles. The molecule has 0 aromatic heterocycles. The van der Waals surface area contributed by atoms with E-state index in [0.717, 1.165) is 28.8 Å². The fraction of sp³-hybridized carbons (Fsp3) is 0.467. The van der Waals surface area contributed by atoms with Crippen LogP contribution in [0.1, 0.15) is 39.2 Å². The number of allylic oxidation sites excluding steroid dienone is 2. The summed E-state index contributed by atoms with van der Waals surface area (Å²) in [7, 11) is -1.81. The van der Waals surface area contributed by atoms with E-state index < -0.39 is 8.18 Å². The van der Waals surface area contributed by atoms with Gasteiger partial charge < -0.3 is 0 Å². The van der Waals surface area contributed by atoms with Gasteiger partial charge in [0.2, 0.25) is 0 Å². The molecule has 0 bridgehead atoms. The second-order valence-electron chi connectivity index (χ2n) is 4.50. The van der Waals surface area contributed by atoms with Gasteiger partial charge in [0.1, 0.15) is 6.61 Å². The van der Waals surface area contributed by atoms with Crippen LogP contribution in [0.4, 0.5) is 0 Å². The van der Waals surface area contributed by atoms with Gasteiger partial charge in [-0.3, -0.25) is 0 Å². The Kier molecular flexibility index (Phi) is 9.25. The first-order chi connectivity index (χ1) is 10.1. The molecule has 1 rings (SSSR count). The Labute approximate surface area is 141 Å². The largest absolute Gasteiger partial charge is 0.642 e. The van der Waals surface area contributed by atoms with Crippen molar-refractivity contribution in [2.75, 3.05) is 6.61 Å². The predicted molar refractivity (Wildman–Crippen MR) is 95.4 cm³/mol. The zero-order chi connectivity index (χ0) is 15.7. The van der Waals surface area contributed by atoms with Crippen LogP contribution >= 0.6 is 35.9 Å². The molecule has 116 valence electrons. The molecule has 0 fully saturated rings. The monoisotopic (exact) mass is 390 g/mol. The van der Waals surface area contributed by atoms with Gasteiger partial charge in [-0.25, -0.2) is 0 Å². The molecule has 6 heteroatoms. The van der Waals surface area contributed by atoms with Gasteiger partial charge in [0.25, 0.3) is 0 Å². The van der Waals surface area contributed by atoms with Gasteiger partial charge in [-0.15, -0.1) is 16.3 Å². The Morgan fingerprint density at radius 2 is 2.00 bits per heavy atom. The van der Waals surface area contributed by atoms with E-state index in [2.05, 4.69) is 52.2 Å². The second-order valence-corrected chi connectivity index (χ2v) is 7.48. The first-order valence-electron chi connectivity index (χ1n) is 7.00. The van der Waals surface area contributed by atoms with Gasteiger partial charge >= 0.3 is 8.18 Å². The number of benzene rings is 1. The van der Waals surface area contributed by atoms with Crippen LogP contribution in [0.3, 0.4) is 0 Å². The quantitative estimate of drug-likeness (QED) is 0.524. The van der Waals surface area contributed by atoms with E-state index in [-0.39, 0.29) is 0 Å². The van der Waals surface area contributed by atoms with Crippen molar-refractivity contribution in [3.8, 4) is 0 Å². The van der Waals surface area contributed by atoms with Crippen LogP contribution in [0.5, 0.6) is 0 Å². The van der Waals surface area contributed by atoms with Gasteiger partial charge in [-0.05, 0) is 42.5 Å². The highest BCUT2D eigenvalue weighted by Gasteiger charge is 2.18. The van der Waals surface area contributed by atoms with Gasteiger partial charge in [0.05, 0.1) is 5.70 Å². The normalized spacial score (nSPS) is 12.9. The first-order valence-corrected chi connectivity index (χ1v) is 9.96. The molecular formula is C15H22BrNO2PS+. The Hall–Kier alpha value is -0.350. The summed E-state index contributed by atoms with van der Waals surface area (Å²) in [5.41, 5.74) is 2.23. The topological polar surface area (TPSA) is 38.3 Å². The summed E-state index contributed by atoms with van der Waals surface area (Å²) in [6.07, 6.45) is 2.04. The molecule has 1 aromatic rings. The average molecular weight is 391 g/mol. The lowest BCUT2D eigenvalue weighted by Gasteiger charge is -2.09. The lowest BCUT2D eigenvalue weighted by molar-refractivity contribution is 0.345. The molecule has 3 nitrogen and oxygen atoms in total. The first kappa shape index (κ1) is 18.7. The smallest absolute Gasteiger partial charge is 0.154 e. The Bertz CT molecular complexity index is 491. The van der Waals surface area contributed by atoms with Gasteiger partial charge in [0, 0.05) is 15.1 Å². The standard InChI is InChI=1S/C15H22BrNO2PS/c1-4-6-15(12(3)17-20(18)19-5-2)21-11-13-7-9-14(16)10-8-13/h7-10H,4-6,11H2,1-3H3,(H,17,18)/q+1/b15-12+. The van der Waals surface area contributed by atoms with Crippen LogP contribution in [0, 0.1) is 0 Å². The number of nitrogens with one attached hydrogen (secondary N) is 1. The molecule has 1 N–H and O–H groups in total. The molecule has 1 atom stereocenters. The van der Waals surface area contributed by atoms with E-state index in [1.807, 2.05) is 13.8 Å². The predicted octanol–water partition coefficient (Wildman–Crippen LogP) is 6.00. The Balaban J connectivity index is 2.67. The van der Waals surface area contributed by atoms with E-state index in [9.17, 15) is 4.57 Å². The van der Waals surface area contributed by atoms with Gasteiger partial charge in [-0.1, -0.05) is 41.4 Å². The van der Waals surface area contributed by atoms with Crippen LogP contribution < -0.4 is 5.09 Å².